The van der Waals surface area contributed by atoms with Crippen LogP contribution in [0.25, 0.3) is 11.0 Å². The monoisotopic (exact) mass is 247 g/mol. The lowest BCUT2D eigenvalue weighted by atomic mass is 10.1. The van der Waals surface area contributed by atoms with Gasteiger partial charge in [-0.3, -0.25) is 0 Å². The smallest absolute Gasteiger partial charge is 0.0958 e. The number of fused-ring (bicyclic) bond motifs is 1. The second-order valence-corrected chi connectivity index (χ2v) is 4.82. The van der Waals surface area contributed by atoms with Crippen LogP contribution in [0.1, 0.15) is 17.5 Å². The molecule has 0 saturated heterocycles. The Balaban J connectivity index is 2.31. The van der Waals surface area contributed by atoms with Gasteiger partial charge in [-0.05, 0) is 50.6 Å². The molecule has 0 saturated carbocycles. The number of rotatable bonds is 5. The van der Waals surface area contributed by atoms with E-state index in [0.717, 1.165) is 24.0 Å². The molecule has 0 aliphatic carbocycles. The van der Waals surface area contributed by atoms with Crippen molar-refractivity contribution in [3.05, 3.63) is 29.6 Å². The highest BCUT2D eigenvalue weighted by Crippen LogP contribution is 2.18. The van der Waals surface area contributed by atoms with E-state index in [4.69, 9.17) is 5.11 Å². The number of aromatic nitrogens is 2. The predicted octanol–water partition coefficient (Wildman–Crippen LogP) is 1.62. The third-order valence-electron chi connectivity index (χ3n) is 3.54. The van der Waals surface area contributed by atoms with Crippen molar-refractivity contribution >= 4 is 11.0 Å². The minimum absolute atomic E-state index is 0.205. The van der Waals surface area contributed by atoms with Crippen LogP contribution in [0.4, 0.5) is 0 Å². The molecule has 1 aromatic heterocycles. The fourth-order valence-electron chi connectivity index (χ4n) is 2.18. The SMILES string of the molecule is CNC(CCO)Cn1cnc2cc(C)c(C)cc21. The van der Waals surface area contributed by atoms with Crippen LogP contribution in [0.5, 0.6) is 0 Å². The van der Waals surface area contributed by atoms with Crippen LogP contribution in [-0.2, 0) is 6.54 Å². The minimum atomic E-state index is 0.205. The Morgan fingerprint density at radius 3 is 2.72 bits per heavy atom. The highest BCUT2D eigenvalue weighted by atomic mass is 16.3. The molecule has 0 amide bonds. The van der Waals surface area contributed by atoms with Gasteiger partial charge in [0.1, 0.15) is 0 Å². The molecule has 0 radical (unpaired) electrons. The number of aryl methyl sites for hydroxylation is 2. The van der Waals surface area contributed by atoms with E-state index in [-0.39, 0.29) is 12.6 Å². The lowest BCUT2D eigenvalue weighted by molar-refractivity contribution is 0.261. The summed E-state index contributed by atoms with van der Waals surface area (Å²) < 4.78 is 2.15. The van der Waals surface area contributed by atoms with Crippen LogP contribution in [0, 0.1) is 13.8 Å². The highest BCUT2D eigenvalue weighted by Gasteiger charge is 2.10. The first kappa shape index (κ1) is 13.1. The molecule has 18 heavy (non-hydrogen) atoms. The third-order valence-corrected chi connectivity index (χ3v) is 3.54. The maximum Gasteiger partial charge on any atom is 0.0958 e. The summed E-state index contributed by atoms with van der Waals surface area (Å²) in [5.74, 6) is 0. The van der Waals surface area contributed by atoms with E-state index < -0.39 is 0 Å². The van der Waals surface area contributed by atoms with Gasteiger partial charge in [-0.25, -0.2) is 4.98 Å². The van der Waals surface area contributed by atoms with Gasteiger partial charge in [0.05, 0.1) is 17.4 Å². The first-order chi connectivity index (χ1) is 8.65. The van der Waals surface area contributed by atoms with Crippen molar-refractivity contribution in [2.75, 3.05) is 13.7 Å². The average molecular weight is 247 g/mol. The molecule has 98 valence electrons. The van der Waals surface area contributed by atoms with Crippen molar-refractivity contribution in [1.82, 2.24) is 14.9 Å². The number of imidazole rings is 1. The van der Waals surface area contributed by atoms with Gasteiger partial charge < -0.3 is 15.0 Å². The van der Waals surface area contributed by atoms with Crippen molar-refractivity contribution in [2.24, 2.45) is 0 Å². The Kier molecular flexibility index (Phi) is 3.99. The molecule has 2 N–H and O–H groups in total. The van der Waals surface area contributed by atoms with Gasteiger partial charge in [-0.1, -0.05) is 0 Å². The summed E-state index contributed by atoms with van der Waals surface area (Å²) in [6.07, 6.45) is 2.63. The lowest BCUT2D eigenvalue weighted by Gasteiger charge is -2.16. The van der Waals surface area contributed by atoms with Crippen molar-refractivity contribution in [3.63, 3.8) is 0 Å². The Morgan fingerprint density at radius 1 is 1.33 bits per heavy atom. The predicted molar refractivity (Wildman–Crippen MR) is 73.8 cm³/mol. The maximum atomic E-state index is 9.03. The van der Waals surface area contributed by atoms with E-state index in [1.807, 2.05) is 13.4 Å². The molecule has 0 fully saturated rings. The zero-order valence-corrected chi connectivity index (χ0v) is 11.3. The number of benzene rings is 1. The molecule has 1 atom stereocenters. The molecule has 1 heterocycles. The molecule has 1 unspecified atom stereocenters. The van der Waals surface area contributed by atoms with Crippen LogP contribution in [0.2, 0.25) is 0 Å². The van der Waals surface area contributed by atoms with Gasteiger partial charge in [0.25, 0.3) is 0 Å². The van der Waals surface area contributed by atoms with Gasteiger partial charge in [-0.15, -0.1) is 0 Å². The molecule has 0 bridgehead atoms. The van der Waals surface area contributed by atoms with Crippen LogP contribution < -0.4 is 5.32 Å². The van der Waals surface area contributed by atoms with Crippen molar-refractivity contribution in [1.29, 1.82) is 0 Å². The maximum absolute atomic E-state index is 9.03. The molecule has 4 heteroatoms. The van der Waals surface area contributed by atoms with E-state index in [9.17, 15) is 0 Å². The van der Waals surface area contributed by atoms with Crippen molar-refractivity contribution < 1.29 is 5.11 Å². The molecular weight excluding hydrogens is 226 g/mol. The van der Waals surface area contributed by atoms with Gasteiger partial charge in [-0.2, -0.15) is 0 Å². The number of aliphatic hydroxyl groups is 1. The average Bonchev–Trinajstić information content (AvgIpc) is 2.72. The highest BCUT2D eigenvalue weighted by molar-refractivity contribution is 5.77. The number of nitrogens with zero attached hydrogens (tertiary/aromatic N) is 2. The van der Waals surface area contributed by atoms with E-state index >= 15 is 0 Å². The molecule has 0 aliphatic rings. The van der Waals surface area contributed by atoms with Gasteiger partial charge in [0.15, 0.2) is 0 Å². The number of hydrogen-bond donors (Lipinski definition) is 2. The number of hydrogen-bond acceptors (Lipinski definition) is 3. The minimum Gasteiger partial charge on any atom is -0.396 e. The molecular formula is C14H21N3O. The Labute approximate surface area is 108 Å². The molecule has 4 nitrogen and oxygen atoms in total. The summed E-state index contributed by atoms with van der Waals surface area (Å²) in [7, 11) is 1.93. The number of likely N-dealkylation sites (N-methyl/N-ethyl adjacent to an activating group) is 1. The summed E-state index contributed by atoms with van der Waals surface area (Å²) in [6, 6.07) is 4.58. The standard InChI is InChI=1S/C14H21N3O/c1-10-6-13-14(7-11(10)2)17(9-16-13)8-12(15-3)4-5-18/h6-7,9,12,15,18H,4-5,8H2,1-3H3. The van der Waals surface area contributed by atoms with Crippen LogP contribution in [0.3, 0.4) is 0 Å². The summed E-state index contributed by atoms with van der Waals surface area (Å²) in [6.45, 7) is 5.26. The second-order valence-electron chi connectivity index (χ2n) is 4.82. The lowest BCUT2D eigenvalue weighted by Crippen LogP contribution is -2.30. The normalized spacial score (nSPS) is 13.1. The van der Waals surface area contributed by atoms with Crippen molar-refractivity contribution in [3.8, 4) is 0 Å². The molecule has 0 aliphatic heterocycles. The summed E-state index contributed by atoms with van der Waals surface area (Å²) >= 11 is 0. The van der Waals surface area contributed by atoms with E-state index in [1.165, 1.54) is 11.1 Å². The zero-order chi connectivity index (χ0) is 13.1. The first-order valence-electron chi connectivity index (χ1n) is 6.36. The van der Waals surface area contributed by atoms with E-state index in [1.54, 1.807) is 0 Å². The second kappa shape index (κ2) is 5.50. The van der Waals surface area contributed by atoms with Crippen molar-refractivity contribution in [2.45, 2.75) is 32.9 Å². The van der Waals surface area contributed by atoms with Crippen LogP contribution >= 0.6 is 0 Å². The largest absolute Gasteiger partial charge is 0.396 e. The van der Waals surface area contributed by atoms with Crippen LogP contribution in [0.15, 0.2) is 18.5 Å². The number of nitrogens with one attached hydrogen (secondary N) is 1. The zero-order valence-electron chi connectivity index (χ0n) is 11.3. The fraction of sp³-hybridized carbons (Fsp3) is 0.500. The fourth-order valence-corrected chi connectivity index (χ4v) is 2.18. The Hall–Kier alpha value is -1.39. The Bertz CT molecular complexity index is 533. The van der Waals surface area contributed by atoms with Gasteiger partial charge in [0, 0.05) is 19.2 Å². The summed E-state index contributed by atoms with van der Waals surface area (Å²) in [5, 5.41) is 12.2. The topological polar surface area (TPSA) is 50.1 Å². The Morgan fingerprint density at radius 2 is 2.06 bits per heavy atom. The number of aliphatic hydroxyl groups excluding tert-OH is 1. The quantitative estimate of drug-likeness (QED) is 0.844. The summed E-state index contributed by atoms with van der Waals surface area (Å²) in [5.41, 5.74) is 4.76. The molecule has 1 aromatic carbocycles. The first-order valence-corrected chi connectivity index (χ1v) is 6.36. The van der Waals surface area contributed by atoms with Gasteiger partial charge >= 0.3 is 0 Å². The summed E-state index contributed by atoms with van der Waals surface area (Å²) in [4.78, 5) is 4.44. The molecule has 2 aromatic rings. The van der Waals surface area contributed by atoms with E-state index in [2.05, 4.69) is 40.8 Å². The van der Waals surface area contributed by atoms with Crippen LogP contribution in [-0.4, -0.2) is 34.4 Å². The molecule has 0 spiro atoms. The third kappa shape index (κ3) is 2.54. The van der Waals surface area contributed by atoms with E-state index in [0.29, 0.717) is 0 Å². The van der Waals surface area contributed by atoms with Gasteiger partial charge in [0.2, 0.25) is 0 Å². The molecule has 2 rings (SSSR count).